The standard InChI is InChI=1S/C10H20N2O2S/c1-9(11)7-15(14)8-10(13)12-5-3-2-4-6-12/h9H,2-8,11H2,1H3. The molecule has 4 nitrogen and oxygen atoms in total. The number of nitrogens with two attached hydrogens (primary N) is 1. The molecule has 0 bridgehead atoms. The number of nitrogens with zero attached hydrogens (tertiary/aromatic N) is 1. The highest BCUT2D eigenvalue weighted by molar-refractivity contribution is 7.85. The summed E-state index contributed by atoms with van der Waals surface area (Å²) in [5, 5.41) is 0. The Labute approximate surface area is 93.7 Å². The van der Waals surface area contributed by atoms with Crippen molar-refractivity contribution in [3.8, 4) is 0 Å². The lowest BCUT2D eigenvalue weighted by atomic mass is 10.1. The van der Waals surface area contributed by atoms with E-state index in [2.05, 4.69) is 0 Å². The Morgan fingerprint density at radius 2 is 2.00 bits per heavy atom. The number of amides is 1. The number of rotatable bonds is 4. The number of carbonyl (C=O) groups excluding carboxylic acids is 1. The van der Waals surface area contributed by atoms with Crippen molar-refractivity contribution in [2.24, 2.45) is 5.73 Å². The Kier molecular flexibility index (Phi) is 5.25. The summed E-state index contributed by atoms with van der Waals surface area (Å²) in [5.41, 5.74) is 5.53. The van der Waals surface area contributed by atoms with Gasteiger partial charge < -0.3 is 10.6 Å². The van der Waals surface area contributed by atoms with Crippen LogP contribution in [0.1, 0.15) is 26.2 Å². The summed E-state index contributed by atoms with van der Waals surface area (Å²) in [6.45, 7) is 3.46. The van der Waals surface area contributed by atoms with E-state index in [9.17, 15) is 9.00 Å². The summed E-state index contributed by atoms with van der Waals surface area (Å²) >= 11 is 0. The number of piperidine rings is 1. The molecule has 15 heavy (non-hydrogen) atoms. The SMILES string of the molecule is CC(N)CS(=O)CC(=O)N1CCCCC1. The van der Waals surface area contributed by atoms with Crippen molar-refractivity contribution in [2.45, 2.75) is 32.2 Å². The monoisotopic (exact) mass is 232 g/mol. The quantitative estimate of drug-likeness (QED) is 0.747. The van der Waals surface area contributed by atoms with Crippen LogP contribution in [-0.2, 0) is 15.6 Å². The van der Waals surface area contributed by atoms with Crippen LogP contribution in [0.25, 0.3) is 0 Å². The second kappa shape index (κ2) is 6.23. The van der Waals surface area contributed by atoms with Gasteiger partial charge in [-0.3, -0.25) is 9.00 Å². The van der Waals surface area contributed by atoms with E-state index in [1.165, 1.54) is 6.42 Å². The highest BCUT2D eigenvalue weighted by atomic mass is 32.2. The summed E-state index contributed by atoms with van der Waals surface area (Å²) in [6.07, 6.45) is 3.35. The molecule has 1 rings (SSSR count). The van der Waals surface area contributed by atoms with E-state index in [1.807, 2.05) is 11.8 Å². The Morgan fingerprint density at radius 3 is 2.53 bits per heavy atom. The third-order valence-corrected chi connectivity index (χ3v) is 3.91. The van der Waals surface area contributed by atoms with Crippen LogP contribution in [0.2, 0.25) is 0 Å². The van der Waals surface area contributed by atoms with Gasteiger partial charge in [0, 0.05) is 35.7 Å². The molecule has 5 heteroatoms. The molecule has 0 aromatic rings. The van der Waals surface area contributed by atoms with Crippen molar-refractivity contribution in [1.29, 1.82) is 0 Å². The molecule has 0 aromatic carbocycles. The molecule has 1 aliphatic rings. The molecule has 0 saturated carbocycles. The van der Waals surface area contributed by atoms with Crippen LogP contribution in [0.5, 0.6) is 0 Å². The van der Waals surface area contributed by atoms with E-state index in [0.29, 0.717) is 5.75 Å². The molecule has 1 aliphatic heterocycles. The lowest BCUT2D eigenvalue weighted by Crippen LogP contribution is -2.39. The first-order valence-corrected chi connectivity index (χ1v) is 6.96. The first-order chi connectivity index (χ1) is 7.09. The molecule has 2 unspecified atom stereocenters. The van der Waals surface area contributed by atoms with Crippen LogP contribution in [0.15, 0.2) is 0 Å². The van der Waals surface area contributed by atoms with Crippen molar-refractivity contribution in [2.75, 3.05) is 24.6 Å². The maximum absolute atomic E-state index is 11.7. The fraction of sp³-hybridized carbons (Fsp3) is 0.900. The minimum absolute atomic E-state index is 0.0219. The molecule has 1 heterocycles. The maximum atomic E-state index is 11.7. The van der Waals surface area contributed by atoms with Crippen LogP contribution < -0.4 is 5.73 Å². The molecule has 1 saturated heterocycles. The summed E-state index contributed by atoms with van der Waals surface area (Å²) in [5.74, 6) is 0.579. The average Bonchev–Trinajstić information content (AvgIpc) is 2.17. The summed E-state index contributed by atoms with van der Waals surface area (Å²) in [4.78, 5) is 13.5. The van der Waals surface area contributed by atoms with E-state index < -0.39 is 10.8 Å². The maximum Gasteiger partial charge on any atom is 0.235 e. The molecule has 1 fully saturated rings. The van der Waals surface area contributed by atoms with Crippen LogP contribution in [0.4, 0.5) is 0 Å². The third-order valence-electron chi connectivity index (χ3n) is 2.44. The largest absolute Gasteiger partial charge is 0.342 e. The molecule has 2 atom stereocenters. The predicted octanol–water partition coefficient (Wildman–Crippen LogP) is 0.0948. The van der Waals surface area contributed by atoms with Gasteiger partial charge in [-0.2, -0.15) is 0 Å². The van der Waals surface area contributed by atoms with E-state index in [0.717, 1.165) is 25.9 Å². The molecule has 88 valence electrons. The first kappa shape index (κ1) is 12.6. The smallest absolute Gasteiger partial charge is 0.235 e. The number of hydrogen-bond donors (Lipinski definition) is 1. The highest BCUT2D eigenvalue weighted by Crippen LogP contribution is 2.09. The van der Waals surface area contributed by atoms with Crippen molar-refractivity contribution < 1.29 is 9.00 Å². The van der Waals surface area contributed by atoms with Crippen LogP contribution in [0.3, 0.4) is 0 Å². The Morgan fingerprint density at radius 1 is 1.40 bits per heavy atom. The van der Waals surface area contributed by atoms with Gasteiger partial charge in [-0.05, 0) is 26.2 Å². The number of hydrogen-bond acceptors (Lipinski definition) is 3. The van der Waals surface area contributed by atoms with Gasteiger partial charge in [0.1, 0.15) is 5.75 Å². The van der Waals surface area contributed by atoms with E-state index in [1.54, 1.807) is 0 Å². The molecule has 0 aromatic heterocycles. The highest BCUT2D eigenvalue weighted by Gasteiger charge is 2.18. The second-order valence-corrected chi connectivity index (χ2v) is 5.67. The predicted molar refractivity (Wildman–Crippen MR) is 62.0 cm³/mol. The van der Waals surface area contributed by atoms with Crippen LogP contribution in [0, 0.1) is 0 Å². The van der Waals surface area contributed by atoms with Crippen LogP contribution in [-0.4, -0.2) is 45.7 Å². The Bertz CT molecular complexity index is 238. The fourth-order valence-corrected chi connectivity index (χ4v) is 2.89. The zero-order chi connectivity index (χ0) is 11.3. The molecule has 0 spiro atoms. The third kappa shape index (κ3) is 4.75. The zero-order valence-corrected chi connectivity index (χ0v) is 10.1. The minimum Gasteiger partial charge on any atom is -0.342 e. The van der Waals surface area contributed by atoms with Crippen molar-refractivity contribution in [1.82, 2.24) is 4.90 Å². The first-order valence-electron chi connectivity index (χ1n) is 5.48. The number of carbonyl (C=O) groups is 1. The molecular weight excluding hydrogens is 212 g/mol. The van der Waals surface area contributed by atoms with Crippen LogP contribution >= 0.6 is 0 Å². The minimum atomic E-state index is -1.10. The molecule has 0 radical (unpaired) electrons. The van der Waals surface area contributed by atoms with Gasteiger partial charge in [0.05, 0.1) is 0 Å². The van der Waals surface area contributed by atoms with Crippen molar-refractivity contribution in [3.05, 3.63) is 0 Å². The van der Waals surface area contributed by atoms with E-state index >= 15 is 0 Å². The van der Waals surface area contributed by atoms with Gasteiger partial charge in [-0.1, -0.05) is 0 Å². The molecule has 1 amide bonds. The average molecular weight is 232 g/mol. The lowest BCUT2D eigenvalue weighted by molar-refractivity contribution is -0.129. The van der Waals surface area contributed by atoms with Crippen molar-refractivity contribution in [3.63, 3.8) is 0 Å². The lowest BCUT2D eigenvalue weighted by Gasteiger charge is -2.26. The molecule has 0 aliphatic carbocycles. The van der Waals surface area contributed by atoms with Gasteiger partial charge in [-0.25, -0.2) is 0 Å². The zero-order valence-electron chi connectivity index (χ0n) is 9.28. The summed E-state index contributed by atoms with van der Waals surface area (Å²) in [7, 11) is -1.10. The molecule has 2 N–H and O–H groups in total. The van der Waals surface area contributed by atoms with Gasteiger partial charge in [0.25, 0.3) is 0 Å². The van der Waals surface area contributed by atoms with Gasteiger partial charge in [0.2, 0.25) is 5.91 Å². The topological polar surface area (TPSA) is 63.4 Å². The van der Waals surface area contributed by atoms with Gasteiger partial charge in [0.15, 0.2) is 0 Å². The van der Waals surface area contributed by atoms with Gasteiger partial charge >= 0.3 is 0 Å². The van der Waals surface area contributed by atoms with Crippen molar-refractivity contribution >= 4 is 16.7 Å². The van der Waals surface area contributed by atoms with E-state index in [-0.39, 0.29) is 17.7 Å². The second-order valence-electron chi connectivity index (χ2n) is 4.17. The summed E-state index contributed by atoms with van der Waals surface area (Å²) < 4.78 is 11.5. The van der Waals surface area contributed by atoms with Gasteiger partial charge in [-0.15, -0.1) is 0 Å². The molecular formula is C10H20N2O2S. The summed E-state index contributed by atoms with van der Waals surface area (Å²) in [6, 6.07) is -0.0972. The number of likely N-dealkylation sites (tertiary alicyclic amines) is 1. The Hall–Kier alpha value is -0.420. The Balaban J connectivity index is 2.30. The fourth-order valence-electron chi connectivity index (χ4n) is 1.72. The normalized spacial score (nSPS) is 21.1. The van der Waals surface area contributed by atoms with E-state index in [4.69, 9.17) is 5.73 Å².